The molecule has 0 spiro atoms. The Balaban J connectivity index is 2.11. The highest BCUT2D eigenvalue weighted by Gasteiger charge is 2.02. The van der Waals surface area contributed by atoms with E-state index in [2.05, 4.69) is 26.8 Å². The van der Waals surface area contributed by atoms with Crippen LogP contribution in [0, 0.1) is 11.8 Å². The van der Waals surface area contributed by atoms with E-state index in [9.17, 15) is 0 Å². The minimum Gasteiger partial charge on any atom is -0.464 e. The zero-order valence-electron chi connectivity index (χ0n) is 10.1. The highest BCUT2D eigenvalue weighted by molar-refractivity contribution is 5.54. The Labute approximate surface area is 106 Å². The van der Waals surface area contributed by atoms with E-state index in [0.29, 0.717) is 12.5 Å². The molecule has 2 aromatic heterocycles. The third kappa shape index (κ3) is 3.29. The van der Waals surface area contributed by atoms with Crippen molar-refractivity contribution < 1.29 is 4.74 Å². The molecular formula is C14H13N3O. The molecule has 0 bridgehead atoms. The number of rotatable bonds is 3. The Morgan fingerprint density at radius 2 is 2.06 bits per heavy atom. The number of hydrogen-bond donors (Lipinski definition) is 0. The van der Waals surface area contributed by atoms with E-state index in [0.717, 1.165) is 17.8 Å². The summed E-state index contributed by atoms with van der Waals surface area (Å²) in [5.41, 5.74) is 1.54. The first-order chi connectivity index (χ1) is 8.90. The molecule has 18 heavy (non-hydrogen) atoms. The monoisotopic (exact) mass is 239 g/mol. The molecule has 0 fully saturated rings. The lowest BCUT2D eigenvalue weighted by molar-refractivity contribution is 0.354. The highest BCUT2D eigenvalue weighted by atomic mass is 16.5. The van der Waals surface area contributed by atoms with Gasteiger partial charge in [-0.1, -0.05) is 18.9 Å². The van der Waals surface area contributed by atoms with Crippen molar-refractivity contribution in [1.82, 2.24) is 15.0 Å². The van der Waals surface area contributed by atoms with Gasteiger partial charge in [-0.05, 0) is 12.1 Å². The smallest absolute Gasteiger partial charge is 0.217 e. The summed E-state index contributed by atoms with van der Waals surface area (Å²) in [6, 6.07) is 7.43. The summed E-state index contributed by atoms with van der Waals surface area (Å²) in [6.07, 6.45) is 4.02. The van der Waals surface area contributed by atoms with Crippen LogP contribution in [-0.4, -0.2) is 21.6 Å². The van der Waals surface area contributed by atoms with Gasteiger partial charge < -0.3 is 4.74 Å². The van der Waals surface area contributed by atoms with Crippen LogP contribution in [0.1, 0.15) is 13.3 Å². The van der Waals surface area contributed by atoms with E-state index >= 15 is 0 Å². The Kier molecular flexibility index (Phi) is 4.26. The maximum atomic E-state index is 5.42. The summed E-state index contributed by atoms with van der Waals surface area (Å²) in [4.78, 5) is 12.4. The Morgan fingerprint density at radius 3 is 2.83 bits per heavy atom. The zero-order chi connectivity index (χ0) is 12.6. The molecule has 0 saturated heterocycles. The summed E-state index contributed by atoms with van der Waals surface area (Å²) in [5.74, 6) is 6.34. The fourth-order valence-electron chi connectivity index (χ4n) is 1.36. The van der Waals surface area contributed by atoms with E-state index in [1.807, 2.05) is 25.1 Å². The molecule has 0 atom stereocenters. The molecule has 4 heteroatoms. The van der Waals surface area contributed by atoms with Crippen LogP contribution in [0.3, 0.4) is 0 Å². The molecule has 0 unspecified atom stereocenters. The summed E-state index contributed by atoms with van der Waals surface area (Å²) in [5, 5.41) is 0. The van der Waals surface area contributed by atoms with Crippen LogP contribution >= 0.6 is 0 Å². The van der Waals surface area contributed by atoms with Crippen molar-refractivity contribution in [2.45, 2.75) is 13.3 Å². The van der Waals surface area contributed by atoms with E-state index < -0.39 is 0 Å². The molecular weight excluding hydrogens is 226 g/mol. The summed E-state index contributed by atoms with van der Waals surface area (Å²) in [7, 11) is 0. The van der Waals surface area contributed by atoms with Crippen molar-refractivity contribution in [2.75, 3.05) is 6.61 Å². The van der Waals surface area contributed by atoms with Crippen molar-refractivity contribution in [2.24, 2.45) is 0 Å². The van der Waals surface area contributed by atoms with Crippen LogP contribution in [-0.2, 0) is 0 Å². The maximum Gasteiger partial charge on any atom is 0.217 e. The van der Waals surface area contributed by atoms with Crippen molar-refractivity contribution in [3.63, 3.8) is 0 Å². The molecule has 2 heterocycles. The number of pyridine rings is 1. The predicted molar refractivity (Wildman–Crippen MR) is 68.8 cm³/mol. The maximum absolute atomic E-state index is 5.42. The van der Waals surface area contributed by atoms with Gasteiger partial charge in [0.15, 0.2) is 6.61 Å². The van der Waals surface area contributed by atoms with Crippen LogP contribution in [0.15, 0.2) is 36.8 Å². The standard InChI is InChI=1S/C14H13N3O/c1-2-3-6-9-18-14-10-13(16-11-17-14)12-7-4-5-8-15-12/h4-5,7-8,10-11H,2,9H2,1H3. The molecule has 0 amide bonds. The highest BCUT2D eigenvalue weighted by Crippen LogP contribution is 2.16. The average molecular weight is 239 g/mol. The number of aromatic nitrogens is 3. The quantitative estimate of drug-likeness (QED) is 0.771. The van der Waals surface area contributed by atoms with Crippen molar-refractivity contribution in [3.8, 4) is 29.1 Å². The van der Waals surface area contributed by atoms with Crippen molar-refractivity contribution in [1.29, 1.82) is 0 Å². The second kappa shape index (κ2) is 6.36. The lowest BCUT2D eigenvalue weighted by Gasteiger charge is -2.03. The largest absolute Gasteiger partial charge is 0.464 e. The first-order valence-corrected chi connectivity index (χ1v) is 5.72. The first kappa shape index (κ1) is 12.1. The molecule has 0 N–H and O–H groups in total. The molecule has 0 aliphatic carbocycles. The van der Waals surface area contributed by atoms with Gasteiger partial charge in [0, 0.05) is 18.7 Å². The third-order valence-corrected chi connectivity index (χ3v) is 2.16. The van der Waals surface area contributed by atoms with E-state index in [4.69, 9.17) is 4.74 Å². The van der Waals surface area contributed by atoms with Crippen LogP contribution in [0.4, 0.5) is 0 Å². The molecule has 2 aromatic rings. The number of hydrogen-bond acceptors (Lipinski definition) is 4. The van der Waals surface area contributed by atoms with Gasteiger partial charge in [-0.25, -0.2) is 9.97 Å². The molecule has 0 aliphatic rings. The normalized spacial score (nSPS) is 9.39. The molecule has 0 radical (unpaired) electrons. The predicted octanol–water partition coefficient (Wildman–Crippen LogP) is 2.33. The minimum atomic E-state index is 0.340. The Bertz CT molecular complexity index is 558. The lowest BCUT2D eigenvalue weighted by atomic mass is 10.2. The van der Waals surface area contributed by atoms with E-state index in [1.165, 1.54) is 6.33 Å². The summed E-state index contributed by atoms with van der Waals surface area (Å²) < 4.78 is 5.42. The van der Waals surface area contributed by atoms with Crippen LogP contribution in [0.5, 0.6) is 5.88 Å². The van der Waals surface area contributed by atoms with Crippen LogP contribution in [0.2, 0.25) is 0 Å². The fraction of sp³-hybridized carbons (Fsp3) is 0.214. The lowest BCUT2D eigenvalue weighted by Crippen LogP contribution is -1.98. The van der Waals surface area contributed by atoms with Gasteiger partial charge in [0.05, 0.1) is 11.4 Å². The van der Waals surface area contributed by atoms with Crippen molar-refractivity contribution in [3.05, 3.63) is 36.8 Å². The van der Waals surface area contributed by atoms with E-state index in [-0.39, 0.29) is 0 Å². The van der Waals surface area contributed by atoms with Crippen LogP contribution < -0.4 is 4.74 Å². The number of nitrogens with zero attached hydrogens (tertiary/aromatic N) is 3. The van der Waals surface area contributed by atoms with Crippen LogP contribution in [0.25, 0.3) is 11.4 Å². The minimum absolute atomic E-state index is 0.340. The second-order valence-electron chi connectivity index (χ2n) is 3.45. The van der Waals surface area contributed by atoms with Crippen molar-refractivity contribution >= 4 is 0 Å². The molecule has 4 nitrogen and oxygen atoms in total. The van der Waals surface area contributed by atoms with Gasteiger partial charge >= 0.3 is 0 Å². The second-order valence-corrected chi connectivity index (χ2v) is 3.45. The molecule has 90 valence electrons. The van der Waals surface area contributed by atoms with Gasteiger partial charge in [0.25, 0.3) is 0 Å². The Morgan fingerprint density at radius 1 is 1.11 bits per heavy atom. The summed E-state index contributed by atoms with van der Waals surface area (Å²) in [6.45, 7) is 2.34. The SMILES string of the molecule is CCC#CCOc1cc(-c2ccccn2)ncn1. The van der Waals surface area contributed by atoms with Gasteiger partial charge in [0.1, 0.15) is 6.33 Å². The molecule has 2 rings (SSSR count). The summed E-state index contributed by atoms with van der Waals surface area (Å²) >= 11 is 0. The molecule has 0 aliphatic heterocycles. The molecule has 0 saturated carbocycles. The van der Waals surface area contributed by atoms with E-state index in [1.54, 1.807) is 12.3 Å². The fourth-order valence-corrected chi connectivity index (χ4v) is 1.36. The molecule has 0 aromatic carbocycles. The first-order valence-electron chi connectivity index (χ1n) is 5.72. The van der Waals surface area contributed by atoms with Gasteiger partial charge in [0.2, 0.25) is 5.88 Å². The topological polar surface area (TPSA) is 47.9 Å². The zero-order valence-corrected chi connectivity index (χ0v) is 10.1. The van der Waals surface area contributed by atoms with Gasteiger partial charge in [-0.3, -0.25) is 4.98 Å². The third-order valence-electron chi connectivity index (χ3n) is 2.16. The average Bonchev–Trinajstić information content (AvgIpc) is 2.45. The van der Waals surface area contributed by atoms with Gasteiger partial charge in [-0.2, -0.15) is 0 Å². The number of ether oxygens (including phenoxy) is 1. The van der Waals surface area contributed by atoms with Gasteiger partial charge in [-0.15, -0.1) is 5.92 Å². The Hall–Kier alpha value is -2.41.